The van der Waals surface area contributed by atoms with Crippen molar-refractivity contribution < 1.29 is 4.79 Å². The van der Waals surface area contributed by atoms with Crippen molar-refractivity contribution in [3.8, 4) is 0 Å². The Morgan fingerprint density at radius 3 is 2.83 bits per heavy atom. The summed E-state index contributed by atoms with van der Waals surface area (Å²) in [5.74, 6) is 0.122. The van der Waals surface area contributed by atoms with Gasteiger partial charge >= 0.3 is 0 Å². The van der Waals surface area contributed by atoms with Crippen LogP contribution in [0.3, 0.4) is 0 Å². The quantitative estimate of drug-likeness (QED) is 0.652. The first kappa shape index (κ1) is 20.2. The summed E-state index contributed by atoms with van der Waals surface area (Å²) >= 11 is 7.61. The third-order valence-corrected chi connectivity index (χ3v) is 4.74. The average Bonchev–Trinajstić information content (AvgIpc) is 2.88. The first-order valence-electron chi connectivity index (χ1n) is 7.71. The Morgan fingerprint density at radius 2 is 2.04 bits per heavy atom. The van der Waals surface area contributed by atoms with Crippen molar-refractivity contribution >= 4 is 51.5 Å². The van der Waals surface area contributed by atoms with Crippen LogP contribution in [-0.4, -0.2) is 24.0 Å². The van der Waals surface area contributed by atoms with Gasteiger partial charge in [0.2, 0.25) is 5.91 Å². The minimum atomic E-state index is 0. The highest BCUT2D eigenvalue weighted by molar-refractivity contribution is 7.18. The zero-order valence-corrected chi connectivity index (χ0v) is 15.4. The number of hydrogen-bond donors (Lipinski definition) is 2. The Hall–Kier alpha value is -0.880. The van der Waals surface area contributed by atoms with E-state index in [4.69, 9.17) is 17.3 Å². The van der Waals surface area contributed by atoms with Crippen LogP contribution >= 0.6 is 35.3 Å². The summed E-state index contributed by atoms with van der Waals surface area (Å²) in [5, 5.41) is 4.68. The molecule has 1 amide bonds. The summed E-state index contributed by atoms with van der Waals surface area (Å²) in [6.45, 7) is 1.37. The Labute approximate surface area is 152 Å². The van der Waals surface area contributed by atoms with Gasteiger partial charge in [0.1, 0.15) is 0 Å². The molecule has 1 heterocycles. The molecule has 0 bridgehead atoms. The van der Waals surface area contributed by atoms with Gasteiger partial charge in [0.05, 0.1) is 15.2 Å². The van der Waals surface area contributed by atoms with E-state index >= 15 is 0 Å². The van der Waals surface area contributed by atoms with Crippen molar-refractivity contribution in [2.75, 3.05) is 13.1 Å². The molecule has 1 aromatic heterocycles. The van der Waals surface area contributed by atoms with Crippen molar-refractivity contribution in [2.24, 2.45) is 5.73 Å². The van der Waals surface area contributed by atoms with Crippen LogP contribution in [0.25, 0.3) is 10.2 Å². The zero-order chi connectivity index (χ0) is 15.8. The summed E-state index contributed by atoms with van der Waals surface area (Å²) in [6.07, 6.45) is 5.52. The maximum absolute atomic E-state index is 11.7. The van der Waals surface area contributed by atoms with Crippen molar-refractivity contribution in [1.82, 2.24) is 10.3 Å². The van der Waals surface area contributed by atoms with E-state index in [1.54, 1.807) is 11.3 Å². The molecule has 0 saturated carbocycles. The largest absolute Gasteiger partial charge is 0.356 e. The lowest BCUT2D eigenvalue weighted by Gasteiger charge is -2.03. The molecule has 0 radical (unpaired) electrons. The molecule has 0 spiro atoms. The third-order valence-electron chi connectivity index (χ3n) is 3.41. The van der Waals surface area contributed by atoms with Gasteiger partial charge in [-0.25, -0.2) is 4.98 Å². The molecule has 0 aliphatic carbocycles. The average molecular weight is 376 g/mol. The van der Waals surface area contributed by atoms with Crippen LogP contribution in [0, 0.1) is 0 Å². The van der Waals surface area contributed by atoms with Crippen LogP contribution in [0.15, 0.2) is 18.2 Å². The molecule has 2 aromatic rings. The van der Waals surface area contributed by atoms with Gasteiger partial charge in [0.25, 0.3) is 0 Å². The summed E-state index contributed by atoms with van der Waals surface area (Å²) in [7, 11) is 0. The predicted octanol–water partition coefficient (Wildman–Crippen LogP) is 3.94. The molecule has 0 saturated heterocycles. The van der Waals surface area contributed by atoms with Crippen molar-refractivity contribution in [1.29, 1.82) is 0 Å². The fourth-order valence-electron chi connectivity index (χ4n) is 2.24. The van der Waals surface area contributed by atoms with E-state index in [2.05, 4.69) is 10.3 Å². The van der Waals surface area contributed by atoms with Gasteiger partial charge in [0, 0.05) is 24.4 Å². The molecule has 0 atom stereocenters. The third kappa shape index (κ3) is 7.04. The van der Waals surface area contributed by atoms with Crippen LogP contribution in [0.5, 0.6) is 0 Å². The minimum Gasteiger partial charge on any atom is -0.356 e. The number of benzene rings is 1. The molecule has 3 N–H and O–H groups in total. The molecule has 1 aromatic carbocycles. The maximum Gasteiger partial charge on any atom is 0.220 e. The highest BCUT2D eigenvalue weighted by Crippen LogP contribution is 2.25. The molecule has 2 rings (SSSR count). The van der Waals surface area contributed by atoms with E-state index < -0.39 is 0 Å². The Balaban J connectivity index is 0.00000264. The number of unbranched alkanes of at least 4 members (excludes halogenated alkanes) is 3. The lowest BCUT2D eigenvalue weighted by Crippen LogP contribution is -2.25. The van der Waals surface area contributed by atoms with Gasteiger partial charge in [-0.1, -0.05) is 24.4 Å². The molecule has 128 valence electrons. The van der Waals surface area contributed by atoms with Crippen molar-refractivity contribution in [3.63, 3.8) is 0 Å². The second-order valence-electron chi connectivity index (χ2n) is 5.27. The Bertz CT molecular complexity index is 618. The SMILES string of the molecule is Cl.NCCCCCCC(=O)NCCc1nc2cc(Cl)ccc2s1. The molecule has 0 fully saturated rings. The number of amides is 1. The smallest absolute Gasteiger partial charge is 0.220 e. The van der Waals surface area contributed by atoms with Gasteiger partial charge in [-0.2, -0.15) is 0 Å². The number of hydrogen-bond acceptors (Lipinski definition) is 4. The van der Waals surface area contributed by atoms with E-state index in [1.807, 2.05) is 18.2 Å². The van der Waals surface area contributed by atoms with Gasteiger partial charge in [0.15, 0.2) is 0 Å². The first-order valence-corrected chi connectivity index (χ1v) is 8.90. The predicted molar refractivity (Wildman–Crippen MR) is 101 cm³/mol. The van der Waals surface area contributed by atoms with Crippen LogP contribution < -0.4 is 11.1 Å². The van der Waals surface area contributed by atoms with Gasteiger partial charge in [-0.05, 0) is 37.6 Å². The minimum absolute atomic E-state index is 0. The number of carbonyl (C=O) groups is 1. The number of thiazole rings is 1. The Morgan fingerprint density at radius 1 is 1.26 bits per heavy atom. The number of nitrogens with one attached hydrogen (secondary N) is 1. The molecule has 0 aliphatic heterocycles. The second-order valence-corrected chi connectivity index (χ2v) is 6.82. The summed E-state index contributed by atoms with van der Waals surface area (Å²) in [6, 6.07) is 5.73. The van der Waals surface area contributed by atoms with Crippen molar-refractivity contribution in [2.45, 2.75) is 38.5 Å². The maximum atomic E-state index is 11.7. The topological polar surface area (TPSA) is 68.0 Å². The van der Waals surface area contributed by atoms with Crippen LogP contribution in [-0.2, 0) is 11.2 Å². The van der Waals surface area contributed by atoms with E-state index in [-0.39, 0.29) is 18.3 Å². The zero-order valence-electron chi connectivity index (χ0n) is 13.0. The summed E-state index contributed by atoms with van der Waals surface area (Å²) < 4.78 is 1.13. The number of carbonyl (C=O) groups excluding carboxylic acids is 1. The van der Waals surface area contributed by atoms with E-state index in [9.17, 15) is 4.79 Å². The number of nitrogens with zero attached hydrogens (tertiary/aromatic N) is 1. The van der Waals surface area contributed by atoms with Crippen LogP contribution in [0.1, 0.15) is 37.1 Å². The second kappa shape index (κ2) is 10.8. The fraction of sp³-hybridized carbons (Fsp3) is 0.500. The van der Waals surface area contributed by atoms with E-state index in [0.29, 0.717) is 18.0 Å². The molecule has 23 heavy (non-hydrogen) atoms. The summed E-state index contributed by atoms with van der Waals surface area (Å²) in [5.41, 5.74) is 6.37. The lowest BCUT2D eigenvalue weighted by atomic mass is 10.1. The van der Waals surface area contributed by atoms with Crippen LogP contribution in [0.4, 0.5) is 0 Å². The van der Waals surface area contributed by atoms with Crippen LogP contribution in [0.2, 0.25) is 5.02 Å². The lowest BCUT2D eigenvalue weighted by molar-refractivity contribution is -0.121. The number of rotatable bonds is 9. The molecular formula is C16H23Cl2N3OS. The highest BCUT2D eigenvalue weighted by Gasteiger charge is 2.05. The number of halogens is 2. The van der Waals surface area contributed by atoms with E-state index in [0.717, 1.165) is 53.9 Å². The fourth-order valence-corrected chi connectivity index (χ4v) is 3.35. The number of aromatic nitrogens is 1. The molecule has 4 nitrogen and oxygen atoms in total. The van der Waals surface area contributed by atoms with E-state index in [1.165, 1.54) is 0 Å². The van der Waals surface area contributed by atoms with Gasteiger partial charge < -0.3 is 11.1 Å². The first-order chi connectivity index (χ1) is 10.7. The monoisotopic (exact) mass is 375 g/mol. The highest BCUT2D eigenvalue weighted by atomic mass is 35.5. The molecule has 0 unspecified atom stereocenters. The van der Waals surface area contributed by atoms with Gasteiger partial charge in [-0.3, -0.25) is 4.79 Å². The van der Waals surface area contributed by atoms with Crippen molar-refractivity contribution in [3.05, 3.63) is 28.2 Å². The molecular weight excluding hydrogens is 353 g/mol. The standard InChI is InChI=1S/C16H22ClN3OS.ClH/c17-12-6-7-14-13(11-12)20-16(22-14)8-10-19-15(21)5-3-1-2-4-9-18;/h6-7,11H,1-5,8-10,18H2,(H,19,21);1H. The number of nitrogens with two attached hydrogens (primary N) is 1. The number of fused-ring (bicyclic) bond motifs is 1. The molecule has 0 aliphatic rings. The Kier molecular flexibility index (Phi) is 9.48. The summed E-state index contributed by atoms with van der Waals surface area (Å²) in [4.78, 5) is 16.2. The molecule has 7 heteroatoms. The van der Waals surface area contributed by atoms with Gasteiger partial charge in [-0.15, -0.1) is 23.7 Å². The normalized spacial score (nSPS) is 10.5.